The third-order valence-corrected chi connectivity index (χ3v) is 3.77. The van der Waals surface area contributed by atoms with Crippen LogP contribution in [0.15, 0.2) is 22.8 Å². The van der Waals surface area contributed by atoms with Gasteiger partial charge in [0, 0.05) is 10.7 Å². The zero-order valence-corrected chi connectivity index (χ0v) is 12.4. The molecule has 0 saturated carbocycles. The van der Waals surface area contributed by atoms with Crippen LogP contribution >= 0.6 is 15.9 Å². The van der Waals surface area contributed by atoms with Gasteiger partial charge in [0.05, 0.1) is 12.8 Å². The molecule has 104 valence electrons. The first-order valence-electron chi connectivity index (χ1n) is 6.20. The van der Waals surface area contributed by atoms with Crippen LogP contribution in [0.3, 0.4) is 0 Å². The number of carbonyl (C=O) groups is 1. The topological polar surface area (TPSA) is 60.5 Å². The summed E-state index contributed by atoms with van der Waals surface area (Å²) in [6, 6.07) is 3.88. The molecule has 1 saturated heterocycles. The first kappa shape index (κ1) is 14.4. The largest absolute Gasteiger partial charge is 0.467 e. The number of rotatable bonds is 4. The van der Waals surface area contributed by atoms with Gasteiger partial charge >= 0.3 is 5.97 Å². The number of aromatic nitrogens is 1. The fraction of sp³-hybridized carbons (Fsp3) is 0.538. The second-order valence-corrected chi connectivity index (χ2v) is 5.39. The van der Waals surface area contributed by atoms with Gasteiger partial charge in [-0.3, -0.25) is 4.98 Å². The maximum absolute atomic E-state index is 11.3. The molecule has 1 aromatic rings. The molecule has 1 aliphatic rings. The molecule has 2 rings (SSSR count). The van der Waals surface area contributed by atoms with Crippen molar-refractivity contribution >= 4 is 21.9 Å². The van der Waals surface area contributed by atoms with Crippen molar-refractivity contribution in [2.24, 2.45) is 0 Å². The van der Waals surface area contributed by atoms with Gasteiger partial charge in [-0.15, -0.1) is 0 Å². The summed E-state index contributed by atoms with van der Waals surface area (Å²) in [5, 5.41) is 3.29. The Kier molecular flexibility index (Phi) is 4.90. The number of hydrogen-bond donors (Lipinski definition) is 1. The highest BCUT2D eigenvalue weighted by molar-refractivity contribution is 9.10. The normalized spacial score (nSPS) is 18.0. The minimum absolute atomic E-state index is 0.0474. The van der Waals surface area contributed by atoms with E-state index in [0.29, 0.717) is 0 Å². The molecule has 1 N–H and O–H groups in total. The molecular weight excluding hydrogens is 312 g/mol. The van der Waals surface area contributed by atoms with Crippen LogP contribution in [0.5, 0.6) is 0 Å². The van der Waals surface area contributed by atoms with Crippen LogP contribution < -0.4 is 5.32 Å². The summed E-state index contributed by atoms with van der Waals surface area (Å²) in [6.45, 7) is 1.64. The van der Waals surface area contributed by atoms with E-state index in [-0.39, 0.29) is 12.6 Å². The molecule has 6 heteroatoms. The summed E-state index contributed by atoms with van der Waals surface area (Å²) in [5.74, 6) is -0.366. The molecule has 0 spiro atoms. The van der Waals surface area contributed by atoms with Crippen molar-refractivity contribution < 1.29 is 14.3 Å². The lowest BCUT2D eigenvalue weighted by Gasteiger charge is -2.36. The highest BCUT2D eigenvalue weighted by Gasteiger charge is 2.37. The monoisotopic (exact) mass is 328 g/mol. The maximum Gasteiger partial charge on any atom is 0.331 e. The van der Waals surface area contributed by atoms with Gasteiger partial charge in [0.25, 0.3) is 0 Å². The number of pyridine rings is 1. The first-order valence-corrected chi connectivity index (χ1v) is 6.99. The Morgan fingerprint density at radius 2 is 2.21 bits per heavy atom. The first-order chi connectivity index (χ1) is 9.16. The summed E-state index contributed by atoms with van der Waals surface area (Å²) in [6.07, 6.45) is 3.33. The summed E-state index contributed by atoms with van der Waals surface area (Å²) in [4.78, 5) is 15.7. The molecule has 0 unspecified atom stereocenters. The summed E-state index contributed by atoms with van der Waals surface area (Å²) >= 11 is 3.37. The van der Waals surface area contributed by atoms with Crippen molar-refractivity contribution in [3.8, 4) is 0 Å². The number of hydrogen-bond acceptors (Lipinski definition) is 5. The minimum atomic E-state index is -0.500. The third kappa shape index (κ3) is 3.52. The number of nitrogens with one attached hydrogen (secondary N) is 1. The van der Waals surface area contributed by atoms with Crippen LogP contribution in [0.1, 0.15) is 18.5 Å². The van der Waals surface area contributed by atoms with Crippen molar-refractivity contribution in [1.82, 2.24) is 10.3 Å². The lowest BCUT2D eigenvalue weighted by atomic mass is 9.88. The third-order valence-electron chi connectivity index (χ3n) is 3.30. The Labute approximate surface area is 120 Å². The van der Waals surface area contributed by atoms with E-state index in [1.165, 1.54) is 7.11 Å². The van der Waals surface area contributed by atoms with Gasteiger partial charge in [-0.2, -0.15) is 0 Å². The van der Waals surface area contributed by atoms with E-state index in [1.807, 2.05) is 12.1 Å². The predicted octanol–water partition coefficient (Wildman–Crippen LogP) is 1.61. The molecule has 5 nitrogen and oxygen atoms in total. The molecule has 0 amide bonds. The van der Waals surface area contributed by atoms with Gasteiger partial charge in [0.2, 0.25) is 0 Å². The summed E-state index contributed by atoms with van der Waals surface area (Å²) in [7, 11) is 1.36. The molecule has 2 heterocycles. The minimum Gasteiger partial charge on any atom is -0.467 e. The van der Waals surface area contributed by atoms with E-state index < -0.39 is 5.60 Å². The Bertz CT molecular complexity index is 430. The zero-order chi connectivity index (χ0) is 13.7. The molecule has 1 aliphatic heterocycles. The van der Waals surface area contributed by atoms with E-state index in [9.17, 15) is 4.79 Å². The van der Waals surface area contributed by atoms with Gasteiger partial charge in [-0.25, -0.2) is 4.79 Å². The second kappa shape index (κ2) is 6.45. The smallest absolute Gasteiger partial charge is 0.331 e. The van der Waals surface area contributed by atoms with Crippen LogP contribution in [0, 0.1) is 0 Å². The molecule has 0 radical (unpaired) electrons. The van der Waals surface area contributed by atoms with E-state index >= 15 is 0 Å². The number of nitrogens with zero attached hydrogens (tertiary/aromatic N) is 1. The van der Waals surface area contributed by atoms with Crippen LogP contribution in [0.2, 0.25) is 0 Å². The van der Waals surface area contributed by atoms with Crippen LogP contribution in [-0.2, 0) is 19.9 Å². The van der Waals surface area contributed by atoms with E-state index in [0.717, 1.165) is 36.1 Å². The van der Waals surface area contributed by atoms with Crippen molar-refractivity contribution in [1.29, 1.82) is 0 Å². The van der Waals surface area contributed by atoms with Crippen molar-refractivity contribution in [2.45, 2.75) is 18.4 Å². The molecule has 0 bridgehead atoms. The molecule has 19 heavy (non-hydrogen) atoms. The molecule has 0 aliphatic carbocycles. The number of ether oxygens (including phenoxy) is 2. The quantitative estimate of drug-likeness (QED) is 0.851. The molecular formula is C13H17BrN2O3. The Morgan fingerprint density at radius 3 is 2.79 bits per heavy atom. The van der Waals surface area contributed by atoms with Crippen LogP contribution in [0.4, 0.5) is 0 Å². The lowest BCUT2D eigenvalue weighted by molar-refractivity contribution is -0.156. The van der Waals surface area contributed by atoms with E-state index in [1.54, 1.807) is 6.20 Å². The van der Waals surface area contributed by atoms with Gasteiger partial charge in [-0.1, -0.05) is 0 Å². The average molecular weight is 329 g/mol. The number of halogens is 1. The second-order valence-electron chi connectivity index (χ2n) is 4.47. The van der Waals surface area contributed by atoms with Crippen molar-refractivity contribution in [3.05, 3.63) is 28.5 Å². The Hall–Kier alpha value is -0.980. The van der Waals surface area contributed by atoms with Gasteiger partial charge in [0.15, 0.2) is 0 Å². The van der Waals surface area contributed by atoms with Crippen LogP contribution in [-0.4, -0.2) is 37.8 Å². The van der Waals surface area contributed by atoms with Gasteiger partial charge in [0.1, 0.15) is 12.2 Å². The maximum atomic E-state index is 11.3. The summed E-state index contributed by atoms with van der Waals surface area (Å²) < 4.78 is 11.4. The van der Waals surface area contributed by atoms with E-state index in [2.05, 4.69) is 31.0 Å². The zero-order valence-electron chi connectivity index (χ0n) is 10.8. The summed E-state index contributed by atoms with van der Waals surface area (Å²) in [5.41, 5.74) is 0.362. The SMILES string of the molecule is COC(=O)COC1(c2ccc(Br)cn2)CCNCC1. The lowest BCUT2D eigenvalue weighted by Crippen LogP contribution is -2.43. The predicted molar refractivity (Wildman–Crippen MR) is 73.7 cm³/mol. The van der Waals surface area contributed by atoms with Gasteiger partial charge in [-0.05, 0) is 54.0 Å². The van der Waals surface area contributed by atoms with Crippen molar-refractivity contribution in [3.63, 3.8) is 0 Å². The number of carbonyl (C=O) groups excluding carboxylic acids is 1. The Morgan fingerprint density at radius 1 is 1.47 bits per heavy atom. The molecule has 1 fully saturated rings. The van der Waals surface area contributed by atoms with Crippen molar-refractivity contribution in [2.75, 3.05) is 26.8 Å². The number of methoxy groups -OCH3 is 1. The number of esters is 1. The number of piperidine rings is 1. The standard InChI is InChI=1S/C13H17BrN2O3/c1-18-12(17)9-19-13(4-6-15-7-5-13)11-3-2-10(14)8-16-11/h2-3,8,15H,4-7,9H2,1H3. The molecule has 0 atom stereocenters. The fourth-order valence-electron chi connectivity index (χ4n) is 2.21. The fourth-order valence-corrected chi connectivity index (χ4v) is 2.44. The molecule has 1 aromatic heterocycles. The molecule has 0 aromatic carbocycles. The average Bonchev–Trinajstić information content (AvgIpc) is 2.46. The highest BCUT2D eigenvalue weighted by atomic mass is 79.9. The Balaban J connectivity index is 2.18. The highest BCUT2D eigenvalue weighted by Crippen LogP contribution is 2.33. The van der Waals surface area contributed by atoms with Crippen LogP contribution in [0.25, 0.3) is 0 Å². The van der Waals surface area contributed by atoms with E-state index in [4.69, 9.17) is 4.74 Å². The van der Waals surface area contributed by atoms with Gasteiger partial charge < -0.3 is 14.8 Å².